The molecular weight excluding hydrogens is 200 g/mol. The van der Waals surface area contributed by atoms with Gasteiger partial charge >= 0.3 is 0 Å². The zero-order valence-electron chi connectivity index (χ0n) is 8.26. The number of hydrogen-bond acceptors (Lipinski definition) is 2. The molecule has 1 aromatic rings. The molecule has 2 N–H and O–H groups in total. The highest BCUT2D eigenvalue weighted by molar-refractivity contribution is 6.32. The molecule has 0 atom stereocenters. The van der Waals surface area contributed by atoms with Crippen LogP contribution in [0.5, 0.6) is 5.75 Å². The van der Waals surface area contributed by atoms with E-state index in [1.807, 2.05) is 13.8 Å². The van der Waals surface area contributed by atoms with Gasteiger partial charge in [-0.2, -0.15) is 0 Å². The minimum atomic E-state index is -0.830. The van der Waals surface area contributed by atoms with Gasteiger partial charge in [0.1, 0.15) is 5.75 Å². The number of halogens is 1. The molecule has 0 amide bonds. The zero-order valence-corrected chi connectivity index (χ0v) is 9.02. The first-order chi connectivity index (χ1) is 6.46. The highest BCUT2D eigenvalue weighted by Gasteiger charge is 2.45. The van der Waals surface area contributed by atoms with Crippen LogP contribution in [0, 0.1) is 13.8 Å². The lowest BCUT2D eigenvalue weighted by atomic mass is 9.96. The average molecular weight is 213 g/mol. The maximum Gasteiger partial charge on any atom is 0.140 e. The van der Waals surface area contributed by atoms with Crippen molar-refractivity contribution in [1.82, 2.24) is 0 Å². The minimum absolute atomic E-state index is 0.0368. The van der Waals surface area contributed by atoms with Gasteiger partial charge in [0.05, 0.1) is 10.6 Å². The molecule has 3 heteroatoms. The summed E-state index contributed by atoms with van der Waals surface area (Å²) < 4.78 is 0. The summed E-state index contributed by atoms with van der Waals surface area (Å²) in [5, 5.41) is 20.1. The summed E-state index contributed by atoms with van der Waals surface area (Å²) >= 11 is 5.86. The zero-order chi connectivity index (χ0) is 10.5. The summed E-state index contributed by atoms with van der Waals surface area (Å²) in [4.78, 5) is 0. The standard InChI is InChI=1S/C11H13ClO2/c1-6-5-8(12)10(13)9(7(6)2)11(14)3-4-11/h5,13-14H,3-4H2,1-2H3. The third kappa shape index (κ3) is 1.30. The molecule has 2 nitrogen and oxygen atoms in total. The summed E-state index contributed by atoms with van der Waals surface area (Å²) in [6.07, 6.45) is 1.42. The van der Waals surface area contributed by atoms with Crippen LogP contribution in [0.1, 0.15) is 29.5 Å². The van der Waals surface area contributed by atoms with Gasteiger partial charge in [-0.1, -0.05) is 11.6 Å². The number of phenols is 1. The van der Waals surface area contributed by atoms with Crippen molar-refractivity contribution >= 4 is 11.6 Å². The van der Waals surface area contributed by atoms with Gasteiger partial charge in [-0.3, -0.25) is 0 Å². The van der Waals surface area contributed by atoms with Crippen LogP contribution >= 0.6 is 11.6 Å². The number of rotatable bonds is 1. The van der Waals surface area contributed by atoms with Crippen LogP contribution in [0.3, 0.4) is 0 Å². The number of aromatic hydroxyl groups is 1. The Kier molecular flexibility index (Phi) is 2.02. The smallest absolute Gasteiger partial charge is 0.140 e. The first-order valence-electron chi connectivity index (χ1n) is 4.67. The Hall–Kier alpha value is -0.730. The summed E-state index contributed by atoms with van der Waals surface area (Å²) in [5.41, 5.74) is 1.72. The molecule has 0 bridgehead atoms. The molecule has 0 spiro atoms. The molecule has 0 aliphatic heterocycles. The van der Waals surface area contributed by atoms with E-state index in [4.69, 9.17) is 11.6 Å². The van der Waals surface area contributed by atoms with Crippen molar-refractivity contribution in [3.63, 3.8) is 0 Å². The first-order valence-corrected chi connectivity index (χ1v) is 5.05. The SMILES string of the molecule is Cc1cc(Cl)c(O)c(C2(O)CC2)c1C. The lowest BCUT2D eigenvalue weighted by molar-refractivity contribution is 0.147. The van der Waals surface area contributed by atoms with Crippen molar-refractivity contribution in [2.45, 2.75) is 32.3 Å². The van der Waals surface area contributed by atoms with Gasteiger partial charge in [0.2, 0.25) is 0 Å². The number of aliphatic hydroxyl groups is 1. The predicted molar refractivity (Wildman–Crippen MR) is 55.7 cm³/mol. The summed E-state index contributed by atoms with van der Waals surface area (Å²) in [6, 6.07) is 1.72. The van der Waals surface area contributed by atoms with E-state index in [9.17, 15) is 10.2 Å². The quantitative estimate of drug-likeness (QED) is 0.752. The van der Waals surface area contributed by atoms with Crippen molar-refractivity contribution < 1.29 is 10.2 Å². The Morgan fingerprint density at radius 1 is 1.36 bits per heavy atom. The monoisotopic (exact) mass is 212 g/mol. The maximum atomic E-state index is 9.99. The molecule has 1 aromatic carbocycles. The van der Waals surface area contributed by atoms with Crippen LogP contribution in [0.15, 0.2) is 6.07 Å². The molecule has 0 radical (unpaired) electrons. The number of benzene rings is 1. The maximum absolute atomic E-state index is 9.99. The molecular formula is C11H13ClO2. The van der Waals surface area contributed by atoms with Crippen molar-refractivity contribution in [1.29, 1.82) is 0 Å². The van der Waals surface area contributed by atoms with Gasteiger partial charge < -0.3 is 10.2 Å². The Bertz CT molecular complexity index is 369. The molecule has 1 saturated carbocycles. The van der Waals surface area contributed by atoms with Crippen molar-refractivity contribution in [2.24, 2.45) is 0 Å². The second kappa shape index (κ2) is 2.88. The van der Waals surface area contributed by atoms with Gasteiger partial charge in [0, 0.05) is 5.56 Å². The van der Waals surface area contributed by atoms with Crippen LogP contribution in [0.2, 0.25) is 5.02 Å². The van der Waals surface area contributed by atoms with E-state index in [1.165, 1.54) is 0 Å². The van der Waals surface area contributed by atoms with Crippen LogP contribution in [0.25, 0.3) is 0 Å². The number of aryl methyl sites for hydroxylation is 1. The van der Waals surface area contributed by atoms with Crippen molar-refractivity contribution in [3.8, 4) is 5.75 Å². The van der Waals surface area contributed by atoms with Crippen LogP contribution in [-0.4, -0.2) is 10.2 Å². The van der Waals surface area contributed by atoms with Crippen LogP contribution < -0.4 is 0 Å². The normalized spacial score (nSPS) is 18.3. The molecule has 1 fully saturated rings. The largest absolute Gasteiger partial charge is 0.506 e. The summed E-state index contributed by atoms with van der Waals surface area (Å²) in [6.45, 7) is 3.83. The lowest BCUT2D eigenvalue weighted by Gasteiger charge is -2.16. The molecule has 2 rings (SSSR count). The van der Waals surface area contributed by atoms with Gasteiger partial charge in [0.15, 0.2) is 0 Å². The van der Waals surface area contributed by atoms with E-state index in [0.717, 1.165) is 11.1 Å². The Morgan fingerprint density at radius 2 is 1.93 bits per heavy atom. The van der Waals surface area contributed by atoms with Crippen LogP contribution in [0.4, 0.5) is 0 Å². The molecule has 0 heterocycles. The third-order valence-corrected chi connectivity index (χ3v) is 3.25. The fourth-order valence-corrected chi connectivity index (χ4v) is 2.06. The van der Waals surface area contributed by atoms with Gasteiger partial charge in [0.25, 0.3) is 0 Å². The third-order valence-electron chi connectivity index (χ3n) is 2.96. The van der Waals surface area contributed by atoms with E-state index in [-0.39, 0.29) is 5.75 Å². The second-order valence-electron chi connectivity index (χ2n) is 4.06. The Balaban J connectivity index is 2.68. The second-order valence-corrected chi connectivity index (χ2v) is 4.46. The molecule has 0 aromatic heterocycles. The van der Waals surface area contributed by atoms with E-state index in [2.05, 4.69) is 0 Å². The number of hydrogen-bond donors (Lipinski definition) is 2. The van der Waals surface area contributed by atoms with Gasteiger partial charge in [-0.05, 0) is 43.9 Å². The molecule has 0 saturated heterocycles. The topological polar surface area (TPSA) is 40.5 Å². The summed E-state index contributed by atoms with van der Waals surface area (Å²) in [5.74, 6) is 0.0368. The highest BCUT2D eigenvalue weighted by atomic mass is 35.5. The first kappa shape index (κ1) is 9.81. The fourth-order valence-electron chi connectivity index (χ4n) is 1.80. The van der Waals surface area contributed by atoms with E-state index in [0.29, 0.717) is 23.4 Å². The van der Waals surface area contributed by atoms with Gasteiger partial charge in [-0.15, -0.1) is 0 Å². The predicted octanol–water partition coefficient (Wildman–Crippen LogP) is 2.64. The van der Waals surface area contributed by atoms with Crippen molar-refractivity contribution in [2.75, 3.05) is 0 Å². The Morgan fingerprint density at radius 3 is 2.43 bits per heavy atom. The lowest BCUT2D eigenvalue weighted by Crippen LogP contribution is -2.08. The molecule has 14 heavy (non-hydrogen) atoms. The minimum Gasteiger partial charge on any atom is -0.506 e. The average Bonchev–Trinajstić information content (AvgIpc) is 2.81. The Labute approximate surface area is 88.1 Å². The fraction of sp³-hybridized carbons (Fsp3) is 0.455. The van der Waals surface area contributed by atoms with E-state index < -0.39 is 5.60 Å². The molecule has 76 valence electrons. The molecule has 1 aliphatic rings. The summed E-state index contributed by atoms with van der Waals surface area (Å²) in [7, 11) is 0. The highest BCUT2D eigenvalue weighted by Crippen LogP contribution is 2.51. The van der Waals surface area contributed by atoms with Crippen LogP contribution in [-0.2, 0) is 5.60 Å². The number of phenolic OH excluding ortho intramolecular Hbond substituents is 1. The van der Waals surface area contributed by atoms with E-state index >= 15 is 0 Å². The van der Waals surface area contributed by atoms with Gasteiger partial charge in [-0.25, -0.2) is 0 Å². The molecule has 1 aliphatic carbocycles. The molecule has 0 unspecified atom stereocenters. The van der Waals surface area contributed by atoms with Crippen molar-refractivity contribution in [3.05, 3.63) is 27.8 Å². The van der Waals surface area contributed by atoms with E-state index in [1.54, 1.807) is 6.07 Å².